The molecule has 0 amide bonds. The van der Waals surface area contributed by atoms with Crippen LogP contribution in [0, 0.1) is 0 Å². The van der Waals surface area contributed by atoms with Crippen molar-refractivity contribution < 1.29 is 8.83 Å². The molecule has 4 heterocycles. The van der Waals surface area contributed by atoms with E-state index in [0.717, 1.165) is 50.4 Å². The van der Waals surface area contributed by atoms with Crippen LogP contribution >= 0.6 is 0 Å². The molecule has 8 rings (SSSR count). The minimum absolute atomic E-state index is 0.574. The molecule has 0 bridgehead atoms. The fourth-order valence-electron chi connectivity index (χ4n) is 5.42. The van der Waals surface area contributed by atoms with Crippen molar-refractivity contribution in [1.29, 1.82) is 0 Å². The van der Waals surface area contributed by atoms with Crippen molar-refractivity contribution in [3.05, 3.63) is 128 Å². The number of aromatic nitrogens is 3. The van der Waals surface area contributed by atoms with E-state index in [2.05, 4.69) is 76.3 Å². The predicted octanol–water partition coefficient (Wildman–Crippen LogP) is 8.91. The number of nitrogens with zero attached hydrogens (tertiary/aromatic N) is 3. The summed E-state index contributed by atoms with van der Waals surface area (Å²) in [6.45, 7) is 0. The fraction of sp³-hybridized carbons (Fsp3) is 0. The highest BCUT2D eigenvalue weighted by Crippen LogP contribution is 2.37. The molecule has 5 nitrogen and oxygen atoms in total. The molecule has 0 aliphatic rings. The Hall–Kier alpha value is -5.42. The van der Waals surface area contributed by atoms with Gasteiger partial charge in [-0.3, -0.25) is 4.98 Å². The Morgan fingerprint density at radius 1 is 0.641 bits per heavy atom. The second kappa shape index (κ2) is 8.57. The van der Waals surface area contributed by atoms with E-state index in [0.29, 0.717) is 11.5 Å². The summed E-state index contributed by atoms with van der Waals surface area (Å²) in [6, 6.07) is 39.1. The van der Waals surface area contributed by atoms with Crippen LogP contribution in [0.15, 0.2) is 137 Å². The number of pyridine rings is 1. The van der Waals surface area contributed by atoms with Gasteiger partial charge in [0.2, 0.25) is 5.89 Å². The van der Waals surface area contributed by atoms with Gasteiger partial charge >= 0.3 is 0 Å². The van der Waals surface area contributed by atoms with Crippen LogP contribution in [0.3, 0.4) is 0 Å². The highest BCUT2D eigenvalue weighted by Gasteiger charge is 2.17. The molecule has 0 atom stereocenters. The quantitative estimate of drug-likeness (QED) is 0.241. The summed E-state index contributed by atoms with van der Waals surface area (Å²) in [4.78, 5) is 9.40. The number of furan rings is 1. The molecule has 4 aromatic carbocycles. The van der Waals surface area contributed by atoms with Gasteiger partial charge in [-0.1, -0.05) is 48.5 Å². The van der Waals surface area contributed by atoms with Crippen LogP contribution in [-0.4, -0.2) is 14.5 Å². The lowest BCUT2D eigenvalue weighted by Crippen LogP contribution is -1.95. The summed E-state index contributed by atoms with van der Waals surface area (Å²) in [7, 11) is 0. The Morgan fingerprint density at radius 2 is 1.54 bits per heavy atom. The van der Waals surface area contributed by atoms with E-state index in [9.17, 15) is 0 Å². The smallest absolute Gasteiger partial charge is 0.227 e. The maximum Gasteiger partial charge on any atom is 0.227 e. The lowest BCUT2D eigenvalue weighted by atomic mass is 10.1. The summed E-state index contributed by atoms with van der Waals surface area (Å²) < 4.78 is 14.3. The van der Waals surface area contributed by atoms with Gasteiger partial charge in [0.1, 0.15) is 11.3 Å². The topological polar surface area (TPSA) is 57.0 Å². The van der Waals surface area contributed by atoms with Crippen LogP contribution in [0.25, 0.3) is 72.6 Å². The number of hydrogen-bond donors (Lipinski definition) is 0. The van der Waals surface area contributed by atoms with Crippen molar-refractivity contribution in [2.24, 2.45) is 0 Å². The molecule has 0 saturated carbocycles. The van der Waals surface area contributed by atoms with Crippen LogP contribution in [0.1, 0.15) is 0 Å². The zero-order chi connectivity index (χ0) is 25.8. The van der Waals surface area contributed by atoms with E-state index >= 15 is 0 Å². The van der Waals surface area contributed by atoms with E-state index in [1.165, 1.54) is 10.8 Å². The molecule has 184 valence electrons. The first kappa shape index (κ1) is 21.6. The summed E-state index contributed by atoms with van der Waals surface area (Å²) in [6.07, 6.45) is 3.49. The molecule has 0 N–H and O–H groups in total. The third-order valence-electron chi connectivity index (χ3n) is 7.19. The van der Waals surface area contributed by atoms with Crippen molar-refractivity contribution in [3.63, 3.8) is 0 Å². The van der Waals surface area contributed by atoms with Crippen molar-refractivity contribution in [1.82, 2.24) is 14.5 Å². The molecule has 0 spiro atoms. The monoisotopic (exact) mass is 503 g/mol. The van der Waals surface area contributed by atoms with E-state index in [-0.39, 0.29) is 0 Å². The molecule has 8 aromatic rings. The molecule has 4 aromatic heterocycles. The Balaban J connectivity index is 1.34. The summed E-state index contributed by atoms with van der Waals surface area (Å²) in [5.74, 6) is 1.33. The highest BCUT2D eigenvalue weighted by molar-refractivity contribution is 6.10. The van der Waals surface area contributed by atoms with Crippen LogP contribution < -0.4 is 0 Å². The number of oxazole rings is 1. The zero-order valence-electron chi connectivity index (χ0n) is 20.8. The average molecular weight is 504 g/mol. The van der Waals surface area contributed by atoms with Crippen LogP contribution in [-0.2, 0) is 0 Å². The lowest BCUT2D eigenvalue weighted by Gasteiger charge is -2.10. The Bertz CT molecular complexity index is 2120. The zero-order valence-corrected chi connectivity index (χ0v) is 20.8. The molecule has 0 aliphatic carbocycles. The van der Waals surface area contributed by atoms with Gasteiger partial charge in [-0.05, 0) is 66.7 Å². The van der Waals surface area contributed by atoms with Crippen LogP contribution in [0.2, 0.25) is 0 Å². The Kier molecular flexibility index (Phi) is 4.76. The van der Waals surface area contributed by atoms with Crippen molar-refractivity contribution in [3.8, 4) is 39.7 Å². The standard InChI is InChI=1S/C34H21N3O2/c1-2-14-30-25(10-1)26-17-16-23(34-36-29-13-6-11-27(33(29)39-34)32-15-7-19-38-32)21-31(26)37(30)24-9-5-8-22(20-24)28-12-3-4-18-35-28/h1-21H. The van der Waals surface area contributed by atoms with Gasteiger partial charge < -0.3 is 13.4 Å². The third kappa shape index (κ3) is 3.48. The van der Waals surface area contributed by atoms with Gasteiger partial charge in [-0.15, -0.1) is 0 Å². The SMILES string of the molecule is c1ccc(-c2cccc(-n3c4ccccc4c4ccc(-c5nc6cccc(-c7ccco7)c6o5)cc43)c2)nc1. The third-order valence-corrected chi connectivity index (χ3v) is 7.19. The lowest BCUT2D eigenvalue weighted by molar-refractivity contribution is 0.578. The fourth-order valence-corrected chi connectivity index (χ4v) is 5.42. The molecule has 0 saturated heterocycles. The first-order valence-corrected chi connectivity index (χ1v) is 12.8. The van der Waals surface area contributed by atoms with E-state index in [4.69, 9.17) is 13.8 Å². The molecule has 0 radical (unpaired) electrons. The van der Waals surface area contributed by atoms with Crippen molar-refractivity contribution >= 4 is 32.9 Å². The largest absolute Gasteiger partial charge is 0.464 e. The molecule has 5 heteroatoms. The van der Waals surface area contributed by atoms with Gasteiger partial charge in [-0.2, -0.15) is 0 Å². The summed E-state index contributed by atoms with van der Waals surface area (Å²) in [5, 5.41) is 2.37. The van der Waals surface area contributed by atoms with Crippen LogP contribution in [0.4, 0.5) is 0 Å². The highest BCUT2D eigenvalue weighted by atomic mass is 16.4. The Labute approximate surface area is 223 Å². The maximum absolute atomic E-state index is 6.37. The molecular formula is C34H21N3O2. The number of hydrogen-bond acceptors (Lipinski definition) is 4. The predicted molar refractivity (Wildman–Crippen MR) is 155 cm³/mol. The first-order chi connectivity index (χ1) is 19.3. The van der Waals surface area contributed by atoms with E-state index < -0.39 is 0 Å². The number of rotatable bonds is 4. The van der Waals surface area contributed by atoms with Gasteiger partial charge in [0.15, 0.2) is 5.58 Å². The number of para-hydroxylation sites is 2. The van der Waals surface area contributed by atoms with Crippen LogP contribution in [0.5, 0.6) is 0 Å². The van der Waals surface area contributed by atoms with E-state index in [1.54, 1.807) is 6.26 Å². The first-order valence-electron chi connectivity index (χ1n) is 12.8. The summed E-state index contributed by atoms with van der Waals surface area (Å²) in [5.41, 5.74) is 8.61. The molecule has 0 unspecified atom stereocenters. The molecule has 0 aliphatic heterocycles. The van der Waals surface area contributed by atoms with Gasteiger partial charge in [-0.25, -0.2) is 4.98 Å². The number of fused-ring (bicyclic) bond motifs is 4. The molecular weight excluding hydrogens is 482 g/mol. The molecule has 0 fully saturated rings. The normalized spacial score (nSPS) is 11.6. The minimum Gasteiger partial charge on any atom is -0.464 e. The van der Waals surface area contributed by atoms with Gasteiger partial charge in [0.05, 0.1) is 28.6 Å². The van der Waals surface area contributed by atoms with Gasteiger partial charge in [0.25, 0.3) is 0 Å². The second-order valence-corrected chi connectivity index (χ2v) is 9.50. The number of benzene rings is 4. The van der Waals surface area contributed by atoms with E-state index in [1.807, 2.05) is 54.7 Å². The Morgan fingerprint density at radius 3 is 2.44 bits per heavy atom. The van der Waals surface area contributed by atoms with Crippen molar-refractivity contribution in [2.45, 2.75) is 0 Å². The second-order valence-electron chi connectivity index (χ2n) is 9.50. The van der Waals surface area contributed by atoms with Gasteiger partial charge in [0, 0.05) is 33.8 Å². The minimum atomic E-state index is 0.574. The summed E-state index contributed by atoms with van der Waals surface area (Å²) >= 11 is 0. The average Bonchev–Trinajstić information content (AvgIpc) is 3.75. The molecule has 39 heavy (non-hydrogen) atoms. The van der Waals surface area contributed by atoms with Crippen molar-refractivity contribution in [2.75, 3.05) is 0 Å². The maximum atomic E-state index is 6.37.